The van der Waals surface area contributed by atoms with Crippen LogP contribution in [0.4, 0.5) is 0 Å². The van der Waals surface area contributed by atoms with Crippen molar-refractivity contribution in [2.75, 3.05) is 37.8 Å². The lowest BCUT2D eigenvalue weighted by atomic mass is 10.1. The molecular weight excluding hydrogens is 256 g/mol. The predicted molar refractivity (Wildman–Crippen MR) is 67.7 cm³/mol. The number of nitrogens with zero attached hydrogens (tertiary/aromatic N) is 1. The van der Waals surface area contributed by atoms with Gasteiger partial charge < -0.3 is 20.1 Å². The Balaban J connectivity index is 1.91. The molecule has 0 bridgehead atoms. The summed E-state index contributed by atoms with van der Waals surface area (Å²) >= 11 is 1.58. The Bertz CT molecular complexity index is 320. The largest absolute Gasteiger partial charge is 0.480 e. The molecule has 0 spiro atoms. The van der Waals surface area contributed by atoms with Crippen molar-refractivity contribution in [3.63, 3.8) is 0 Å². The van der Waals surface area contributed by atoms with Crippen LogP contribution in [0.15, 0.2) is 0 Å². The molecule has 18 heavy (non-hydrogen) atoms. The summed E-state index contributed by atoms with van der Waals surface area (Å²) in [4.78, 5) is 24.7. The molecule has 2 heterocycles. The van der Waals surface area contributed by atoms with E-state index in [9.17, 15) is 9.59 Å². The number of ether oxygens (including phenoxy) is 1. The smallest absolute Gasteiger partial charge is 0.327 e. The number of carbonyl (C=O) groups is 2. The maximum Gasteiger partial charge on any atom is 0.327 e. The number of hydrogen-bond donors (Lipinski definition) is 2. The summed E-state index contributed by atoms with van der Waals surface area (Å²) in [6, 6.07) is -0.670. The normalized spacial score (nSPS) is 29.0. The van der Waals surface area contributed by atoms with Crippen LogP contribution in [0.2, 0.25) is 0 Å². The molecule has 2 rings (SSSR count). The number of carbonyl (C=O) groups excluding carboxylic acids is 1. The van der Waals surface area contributed by atoms with Crippen molar-refractivity contribution in [3.8, 4) is 0 Å². The first-order chi connectivity index (χ1) is 8.68. The van der Waals surface area contributed by atoms with Crippen molar-refractivity contribution in [1.82, 2.24) is 10.2 Å². The van der Waals surface area contributed by atoms with Crippen LogP contribution in [0, 0.1) is 0 Å². The summed E-state index contributed by atoms with van der Waals surface area (Å²) in [7, 11) is 0. The number of morpholine rings is 1. The van der Waals surface area contributed by atoms with E-state index < -0.39 is 12.0 Å². The molecule has 2 atom stereocenters. The minimum atomic E-state index is -0.914. The topological polar surface area (TPSA) is 78.9 Å². The number of rotatable bonds is 3. The van der Waals surface area contributed by atoms with E-state index in [2.05, 4.69) is 5.32 Å². The third-order valence-electron chi connectivity index (χ3n) is 3.15. The van der Waals surface area contributed by atoms with Gasteiger partial charge in [-0.2, -0.15) is 11.8 Å². The van der Waals surface area contributed by atoms with Crippen LogP contribution in [0.3, 0.4) is 0 Å². The number of amides is 1. The average molecular weight is 274 g/mol. The number of nitrogens with one attached hydrogen (secondary N) is 1. The van der Waals surface area contributed by atoms with Crippen molar-refractivity contribution in [2.24, 2.45) is 0 Å². The molecule has 7 heteroatoms. The Morgan fingerprint density at radius 3 is 3.00 bits per heavy atom. The molecule has 2 aliphatic rings. The molecular formula is C11H18N2O4S. The Hall–Kier alpha value is -0.790. The first kappa shape index (κ1) is 13.6. The second-order valence-corrected chi connectivity index (χ2v) is 5.60. The van der Waals surface area contributed by atoms with Gasteiger partial charge in [0.2, 0.25) is 5.91 Å². The summed E-state index contributed by atoms with van der Waals surface area (Å²) in [6.45, 7) is 2.46. The van der Waals surface area contributed by atoms with Gasteiger partial charge >= 0.3 is 5.97 Å². The quantitative estimate of drug-likeness (QED) is 0.715. The fourth-order valence-electron chi connectivity index (χ4n) is 2.19. The highest BCUT2D eigenvalue weighted by Crippen LogP contribution is 2.18. The molecule has 2 saturated heterocycles. The number of carboxylic acids is 1. The molecule has 1 amide bonds. The van der Waals surface area contributed by atoms with Crippen molar-refractivity contribution >= 4 is 23.6 Å². The molecule has 102 valence electrons. The Morgan fingerprint density at radius 1 is 1.50 bits per heavy atom. The fourth-order valence-corrected chi connectivity index (χ4v) is 3.22. The van der Waals surface area contributed by atoms with Gasteiger partial charge in [0.25, 0.3) is 0 Å². The van der Waals surface area contributed by atoms with E-state index in [4.69, 9.17) is 9.84 Å². The first-order valence-electron chi connectivity index (χ1n) is 6.09. The van der Waals surface area contributed by atoms with E-state index in [1.54, 1.807) is 11.8 Å². The van der Waals surface area contributed by atoms with Crippen LogP contribution >= 0.6 is 11.8 Å². The van der Waals surface area contributed by atoms with Gasteiger partial charge in [-0.25, -0.2) is 4.79 Å². The van der Waals surface area contributed by atoms with Crippen molar-refractivity contribution in [1.29, 1.82) is 0 Å². The standard InChI is InChI=1S/C11H18N2O4S/c14-10(5-8-6-17-3-1-12-8)13-2-4-18-7-9(13)11(15)16/h8-9,12H,1-7H2,(H,15,16). The molecule has 2 aliphatic heterocycles. The van der Waals surface area contributed by atoms with Crippen molar-refractivity contribution in [2.45, 2.75) is 18.5 Å². The van der Waals surface area contributed by atoms with E-state index in [1.165, 1.54) is 4.90 Å². The van der Waals surface area contributed by atoms with Gasteiger partial charge in [-0.1, -0.05) is 0 Å². The maximum atomic E-state index is 12.1. The van der Waals surface area contributed by atoms with Crippen LogP contribution in [-0.4, -0.2) is 71.8 Å². The van der Waals surface area contributed by atoms with Gasteiger partial charge in [0.1, 0.15) is 6.04 Å². The highest BCUT2D eigenvalue weighted by atomic mass is 32.2. The summed E-state index contributed by atoms with van der Waals surface area (Å²) in [5.74, 6) is 0.286. The molecule has 0 aromatic heterocycles. The second-order valence-electron chi connectivity index (χ2n) is 4.45. The summed E-state index contributed by atoms with van der Waals surface area (Å²) < 4.78 is 5.29. The van der Waals surface area contributed by atoms with Crippen LogP contribution in [-0.2, 0) is 14.3 Å². The Labute approximate surface area is 110 Å². The summed E-state index contributed by atoms with van der Waals surface area (Å²) in [5, 5.41) is 12.3. The van der Waals surface area contributed by atoms with Gasteiger partial charge in [0.05, 0.1) is 13.2 Å². The number of hydrogen-bond acceptors (Lipinski definition) is 5. The average Bonchev–Trinajstić information content (AvgIpc) is 2.40. The zero-order valence-electron chi connectivity index (χ0n) is 10.1. The maximum absolute atomic E-state index is 12.1. The summed E-state index contributed by atoms with van der Waals surface area (Å²) in [6.07, 6.45) is 0.314. The predicted octanol–water partition coefficient (Wildman–Crippen LogP) is -0.606. The molecule has 0 aromatic carbocycles. The van der Waals surface area contributed by atoms with Crippen molar-refractivity contribution in [3.05, 3.63) is 0 Å². The van der Waals surface area contributed by atoms with Gasteiger partial charge in [0, 0.05) is 37.1 Å². The van der Waals surface area contributed by atoms with Crippen LogP contribution in [0.25, 0.3) is 0 Å². The number of carboxylic acid groups (broad SMARTS) is 1. The van der Waals surface area contributed by atoms with Gasteiger partial charge in [-0.3, -0.25) is 4.79 Å². The van der Waals surface area contributed by atoms with Crippen LogP contribution in [0.5, 0.6) is 0 Å². The Morgan fingerprint density at radius 2 is 2.33 bits per heavy atom. The van der Waals surface area contributed by atoms with E-state index in [0.29, 0.717) is 31.9 Å². The highest BCUT2D eigenvalue weighted by molar-refractivity contribution is 7.99. The number of aliphatic carboxylic acids is 1. The van der Waals surface area contributed by atoms with Gasteiger partial charge in [-0.15, -0.1) is 0 Å². The first-order valence-corrected chi connectivity index (χ1v) is 7.25. The summed E-state index contributed by atoms with van der Waals surface area (Å²) in [5.41, 5.74) is 0. The molecule has 2 fully saturated rings. The highest BCUT2D eigenvalue weighted by Gasteiger charge is 2.33. The van der Waals surface area contributed by atoms with Crippen LogP contribution < -0.4 is 5.32 Å². The zero-order chi connectivity index (χ0) is 13.0. The third-order valence-corrected chi connectivity index (χ3v) is 4.18. The molecule has 2 N–H and O–H groups in total. The van der Waals surface area contributed by atoms with E-state index >= 15 is 0 Å². The lowest BCUT2D eigenvalue weighted by Crippen LogP contribution is -2.52. The SMILES string of the molecule is O=C(O)C1CSCCN1C(=O)CC1COCCN1. The fraction of sp³-hybridized carbons (Fsp3) is 0.818. The molecule has 2 unspecified atom stereocenters. The van der Waals surface area contributed by atoms with E-state index in [-0.39, 0.29) is 11.9 Å². The lowest BCUT2D eigenvalue weighted by molar-refractivity contribution is -0.149. The van der Waals surface area contributed by atoms with Gasteiger partial charge in [0.15, 0.2) is 0 Å². The Kier molecular flexibility index (Phi) is 4.85. The third kappa shape index (κ3) is 3.37. The molecule has 6 nitrogen and oxygen atoms in total. The molecule has 0 aliphatic carbocycles. The minimum absolute atomic E-state index is 0.00951. The van der Waals surface area contributed by atoms with Crippen molar-refractivity contribution < 1.29 is 19.4 Å². The second kappa shape index (κ2) is 6.40. The molecule has 0 aromatic rings. The number of thioether (sulfide) groups is 1. The van der Waals surface area contributed by atoms with E-state index in [1.807, 2.05) is 0 Å². The van der Waals surface area contributed by atoms with E-state index in [0.717, 1.165) is 12.3 Å². The zero-order valence-corrected chi connectivity index (χ0v) is 10.9. The molecule has 0 saturated carbocycles. The lowest BCUT2D eigenvalue weighted by Gasteiger charge is -2.34. The monoisotopic (exact) mass is 274 g/mol. The minimum Gasteiger partial charge on any atom is -0.480 e. The van der Waals surface area contributed by atoms with Crippen LogP contribution in [0.1, 0.15) is 6.42 Å². The molecule has 0 radical (unpaired) electrons. The van der Waals surface area contributed by atoms with Gasteiger partial charge in [-0.05, 0) is 0 Å².